The van der Waals surface area contributed by atoms with E-state index in [0.29, 0.717) is 17.0 Å². The van der Waals surface area contributed by atoms with Gasteiger partial charge in [0.15, 0.2) is 0 Å². The largest absolute Gasteiger partial charge is 0.352 e. The third kappa shape index (κ3) is 4.07. The summed E-state index contributed by atoms with van der Waals surface area (Å²) in [6.07, 6.45) is 9.55. The van der Waals surface area contributed by atoms with Gasteiger partial charge in [0.2, 0.25) is 0 Å². The first kappa shape index (κ1) is 14.5. The van der Waals surface area contributed by atoms with Gasteiger partial charge in [-0.1, -0.05) is 31.1 Å². The van der Waals surface area contributed by atoms with Gasteiger partial charge in [0.1, 0.15) is 0 Å². The molecule has 0 aromatic carbocycles. The van der Waals surface area contributed by atoms with Crippen LogP contribution in [0.1, 0.15) is 48.0 Å². The third-order valence-corrected chi connectivity index (χ3v) is 3.67. The van der Waals surface area contributed by atoms with Crippen molar-refractivity contribution in [1.82, 2.24) is 10.3 Å². The number of carbonyl (C=O) groups is 1. The minimum absolute atomic E-state index is 0.0701. The number of hydrogen-bond acceptors (Lipinski definition) is 3. The Kier molecular flexibility index (Phi) is 5.57. The lowest BCUT2D eigenvalue weighted by Gasteiger charge is -2.21. The SMILES string of the molecule is NCC#Cc1cnccc1C(=O)NCC1CCCCC1. The molecule has 1 saturated carbocycles. The topological polar surface area (TPSA) is 68.0 Å². The Hall–Kier alpha value is -1.86. The van der Waals surface area contributed by atoms with Gasteiger partial charge in [-0.15, -0.1) is 0 Å². The Morgan fingerprint density at radius 1 is 1.40 bits per heavy atom. The van der Waals surface area contributed by atoms with Crippen LogP contribution in [0.15, 0.2) is 18.5 Å². The van der Waals surface area contributed by atoms with Crippen molar-refractivity contribution >= 4 is 5.91 Å². The van der Waals surface area contributed by atoms with Gasteiger partial charge >= 0.3 is 0 Å². The second kappa shape index (κ2) is 7.66. The summed E-state index contributed by atoms with van der Waals surface area (Å²) in [6.45, 7) is 1.03. The van der Waals surface area contributed by atoms with Crippen LogP contribution in [-0.4, -0.2) is 24.0 Å². The van der Waals surface area contributed by atoms with Gasteiger partial charge in [-0.2, -0.15) is 0 Å². The molecule has 0 atom stereocenters. The smallest absolute Gasteiger partial charge is 0.252 e. The Bertz CT molecular complexity index is 510. The van der Waals surface area contributed by atoms with E-state index in [2.05, 4.69) is 22.1 Å². The molecule has 0 unspecified atom stereocenters. The van der Waals surface area contributed by atoms with Crippen LogP contribution < -0.4 is 11.1 Å². The first-order valence-corrected chi connectivity index (χ1v) is 7.22. The number of aromatic nitrogens is 1. The minimum Gasteiger partial charge on any atom is -0.352 e. The van der Waals surface area contributed by atoms with Crippen LogP contribution in [0.25, 0.3) is 0 Å². The van der Waals surface area contributed by atoms with E-state index in [1.54, 1.807) is 18.5 Å². The van der Waals surface area contributed by atoms with Gasteiger partial charge in [-0.25, -0.2) is 0 Å². The number of nitrogens with two attached hydrogens (primary N) is 1. The summed E-state index contributed by atoms with van der Waals surface area (Å²) in [5.41, 5.74) is 6.58. The fourth-order valence-corrected chi connectivity index (χ4v) is 2.56. The zero-order valence-electron chi connectivity index (χ0n) is 11.7. The molecule has 1 aromatic rings. The first-order valence-electron chi connectivity index (χ1n) is 7.22. The van der Waals surface area contributed by atoms with E-state index in [0.717, 1.165) is 6.54 Å². The van der Waals surface area contributed by atoms with Crippen LogP contribution in [0.4, 0.5) is 0 Å². The lowest BCUT2D eigenvalue weighted by molar-refractivity contribution is 0.0943. The number of amides is 1. The van der Waals surface area contributed by atoms with Gasteiger partial charge < -0.3 is 11.1 Å². The van der Waals surface area contributed by atoms with Crippen LogP contribution in [0.5, 0.6) is 0 Å². The average Bonchev–Trinajstić information content (AvgIpc) is 2.52. The molecule has 1 aliphatic carbocycles. The summed E-state index contributed by atoms with van der Waals surface area (Å²) in [7, 11) is 0. The Balaban J connectivity index is 1.97. The fourth-order valence-electron chi connectivity index (χ4n) is 2.56. The molecule has 4 nitrogen and oxygen atoms in total. The second-order valence-electron chi connectivity index (χ2n) is 5.14. The highest BCUT2D eigenvalue weighted by Crippen LogP contribution is 2.22. The van der Waals surface area contributed by atoms with Gasteiger partial charge in [-0.3, -0.25) is 9.78 Å². The van der Waals surface area contributed by atoms with Gasteiger partial charge in [0.25, 0.3) is 5.91 Å². The molecule has 1 fully saturated rings. The zero-order chi connectivity index (χ0) is 14.2. The molecule has 0 bridgehead atoms. The van der Waals surface area contributed by atoms with Crippen LogP contribution in [0.2, 0.25) is 0 Å². The molecular formula is C16H21N3O. The lowest BCUT2D eigenvalue weighted by atomic mass is 9.89. The van der Waals surface area contributed by atoms with E-state index in [-0.39, 0.29) is 12.5 Å². The van der Waals surface area contributed by atoms with Gasteiger partial charge in [-0.05, 0) is 24.8 Å². The quantitative estimate of drug-likeness (QED) is 0.822. The van der Waals surface area contributed by atoms with E-state index in [4.69, 9.17) is 5.73 Å². The second-order valence-corrected chi connectivity index (χ2v) is 5.14. The van der Waals surface area contributed by atoms with E-state index >= 15 is 0 Å². The van der Waals surface area contributed by atoms with Crippen molar-refractivity contribution in [1.29, 1.82) is 0 Å². The summed E-state index contributed by atoms with van der Waals surface area (Å²) < 4.78 is 0. The predicted octanol–water partition coefficient (Wildman–Crippen LogP) is 1.70. The maximum Gasteiger partial charge on any atom is 0.252 e. The molecule has 2 rings (SSSR count). The van der Waals surface area contributed by atoms with Crippen molar-refractivity contribution in [2.75, 3.05) is 13.1 Å². The van der Waals surface area contributed by atoms with Gasteiger partial charge in [0, 0.05) is 18.9 Å². The van der Waals surface area contributed by atoms with Crippen LogP contribution >= 0.6 is 0 Å². The van der Waals surface area contributed by atoms with Crippen molar-refractivity contribution < 1.29 is 4.79 Å². The molecule has 0 aliphatic heterocycles. The minimum atomic E-state index is -0.0701. The van der Waals surface area contributed by atoms with Crippen LogP contribution in [0, 0.1) is 17.8 Å². The van der Waals surface area contributed by atoms with E-state index in [1.807, 2.05) is 0 Å². The summed E-state index contributed by atoms with van der Waals surface area (Å²) in [4.78, 5) is 16.2. The maximum atomic E-state index is 12.2. The maximum absolute atomic E-state index is 12.2. The van der Waals surface area contributed by atoms with Crippen molar-refractivity contribution in [3.05, 3.63) is 29.6 Å². The molecular weight excluding hydrogens is 250 g/mol. The number of hydrogen-bond donors (Lipinski definition) is 2. The number of nitrogens with zero attached hydrogens (tertiary/aromatic N) is 1. The highest BCUT2D eigenvalue weighted by atomic mass is 16.1. The molecule has 0 spiro atoms. The Morgan fingerprint density at radius 3 is 2.95 bits per heavy atom. The summed E-state index contributed by atoms with van der Waals surface area (Å²) >= 11 is 0. The molecule has 1 aliphatic rings. The Morgan fingerprint density at radius 2 is 2.20 bits per heavy atom. The van der Waals surface area contributed by atoms with Crippen molar-refractivity contribution in [2.24, 2.45) is 11.7 Å². The molecule has 1 heterocycles. The normalized spacial score (nSPS) is 15.2. The van der Waals surface area contributed by atoms with E-state index in [9.17, 15) is 4.79 Å². The number of rotatable bonds is 3. The number of pyridine rings is 1. The van der Waals surface area contributed by atoms with Gasteiger partial charge in [0.05, 0.1) is 17.7 Å². The molecule has 106 valence electrons. The summed E-state index contributed by atoms with van der Waals surface area (Å²) in [5.74, 6) is 6.21. The highest BCUT2D eigenvalue weighted by molar-refractivity contribution is 5.96. The number of carbonyl (C=O) groups excluding carboxylic acids is 1. The van der Waals surface area contributed by atoms with Crippen molar-refractivity contribution in [2.45, 2.75) is 32.1 Å². The molecule has 0 saturated heterocycles. The highest BCUT2D eigenvalue weighted by Gasteiger charge is 2.16. The molecule has 4 heteroatoms. The molecule has 20 heavy (non-hydrogen) atoms. The third-order valence-electron chi connectivity index (χ3n) is 3.67. The van der Waals surface area contributed by atoms with E-state index in [1.165, 1.54) is 32.1 Å². The molecule has 3 N–H and O–H groups in total. The Labute approximate surface area is 120 Å². The first-order chi connectivity index (χ1) is 9.81. The average molecular weight is 271 g/mol. The molecule has 1 aromatic heterocycles. The fraction of sp³-hybridized carbons (Fsp3) is 0.500. The van der Waals surface area contributed by atoms with Crippen LogP contribution in [-0.2, 0) is 0 Å². The monoisotopic (exact) mass is 271 g/mol. The van der Waals surface area contributed by atoms with Crippen molar-refractivity contribution in [3.8, 4) is 11.8 Å². The van der Waals surface area contributed by atoms with Crippen LogP contribution in [0.3, 0.4) is 0 Å². The lowest BCUT2D eigenvalue weighted by Crippen LogP contribution is -2.30. The zero-order valence-corrected chi connectivity index (χ0v) is 11.7. The standard InChI is InChI=1S/C16H21N3O/c17-9-4-7-14-12-18-10-8-15(14)16(20)19-11-13-5-2-1-3-6-13/h8,10,12-13H,1-3,5-6,9,11,17H2,(H,19,20). The summed E-state index contributed by atoms with van der Waals surface area (Å²) in [6, 6.07) is 1.71. The van der Waals surface area contributed by atoms with Crippen molar-refractivity contribution in [3.63, 3.8) is 0 Å². The number of nitrogens with one attached hydrogen (secondary N) is 1. The molecule has 0 radical (unpaired) electrons. The molecule has 1 amide bonds. The van der Waals surface area contributed by atoms with E-state index < -0.39 is 0 Å². The predicted molar refractivity (Wildman–Crippen MR) is 79.1 cm³/mol. The summed E-state index contributed by atoms with van der Waals surface area (Å²) in [5, 5.41) is 3.02.